The third-order valence-corrected chi connectivity index (χ3v) is 3.79. The summed E-state index contributed by atoms with van der Waals surface area (Å²) in [5, 5.41) is 4.46. The number of aromatic nitrogens is 2. The number of rotatable bonds is 3. The number of hydrogen-bond acceptors (Lipinski definition) is 3. The molecule has 0 atom stereocenters. The lowest BCUT2D eigenvalue weighted by molar-refractivity contribution is 0.0369. The maximum Gasteiger partial charge on any atom is 0.359 e. The van der Waals surface area contributed by atoms with E-state index < -0.39 is 0 Å². The molecule has 3 rings (SSSR count). The maximum absolute atomic E-state index is 13.1. The number of fused-ring (bicyclic) bond motifs is 1. The van der Waals surface area contributed by atoms with Crippen molar-refractivity contribution in [3.8, 4) is 5.69 Å². The van der Waals surface area contributed by atoms with Gasteiger partial charge in [0.2, 0.25) is 0 Å². The lowest BCUT2D eigenvalue weighted by atomic mass is 9.95. The molecule has 1 aliphatic carbocycles. The monoisotopic (exact) mass is 302 g/mol. The molecular formula is C17H19FN2O2. The van der Waals surface area contributed by atoms with E-state index in [1.54, 1.807) is 16.8 Å². The van der Waals surface area contributed by atoms with Gasteiger partial charge in [-0.05, 0) is 63.8 Å². The summed E-state index contributed by atoms with van der Waals surface area (Å²) in [6.07, 6.45) is 3.64. The molecule has 22 heavy (non-hydrogen) atoms. The minimum atomic E-state index is -0.381. The second-order valence-corrected chi connectivity index (χ2v) is 5.82. The van der Waals surface area contributed by atoms with Gasteiger partial charge in [0.05, 0.1) is 11.8 Å². The Morgan fingerprint density at radius 2 is 1.91 bits per heavy atom. The number of esters is 1. The number of hydrogen-bond donors (Lipinski definition) is 0. The SMILES string of the molecule is CC(C)OC(=O)c1nn(-c2ccc(F)cc2)c2c1CCCC2. The van der Waals surface area contributed by atoms with Gasteiger partial charge < -0.3 is 4.74 Å². The van der Waals surface area contributed by atoms with Gasteiger partial charge >= 0.3 is 5.97 Å². The first-order valence-electron chi connectivity index (χ1n) is 7.64. The first kappa shape index (κ1) is 14.8. The van der Waals surface area contributed by atoms with Crippen LogP contribution in [0, 0.1) is 5.82 Å². The Morgan fingerprint density at radius 1 is 1.23 bits per heavy atom. The van der Waals surface area contributed by atoms with Gasteiger partial charge in [-0.2, -0.15) is 5.10 Å². The van der Waals surface area contributed by atoms with Crippen LogP contribution in [0.25, 0.3) is 5.69 Å². The number of nitrogens with zero attached hydrogens (tertiary/aromatic N) is 2. The fraction of sp³-hybridized carbons (Fsp3) is 0.412. The lowest BCUT2D eigenvalue weighted by Crippen LogP contribution is -2.14. The highest BCUT2D eigenvalue weighted by Gasteiger charge is 2.26. The minimum absolute atomic E-state index is 0.178. The first-order chi connectivity index (χ1) is 10.6. The van der Waals surface area contributed by atoms with E-state index in [0.717, 1.165) is 42.6 Å². The molecule has 2 aromatic rings. The molecule has 0 saturated carbocycles. The summed E-state index contributed by atoms with van der Waals surface area (Å²) in [5.74, 6) is -0.668. The molecule has 1 aromatic heterocycles. The maximum atomic E-state index is 13.1. The van der Waals surface area contributed by atoms with Gasteiger partial charge in [0.15, 0.2) is 5.69 Å². The van der Waals surface area contributed by atoms with Crippen LogP contribution in [0.3, 0.4) is 0 Å². The topological polar surface area (TPSA) is 44.1 Å². The zero-order chi connectivity index (χ0) is 15.7. The second-order valence-electron chi connectivity index (χ2n) is 5.82. The van der Waals surface area contributed by atoms with Crippen LogP contribution in [-0.2, 0) is 17.6 Å². The average molecular weight is 302 g/mol. The number of ether oxygens (including phenoxy) is 1. The minimum Gasteiger partial charge on any atom is -0.458 e. The Hall–Kier alpha value is -2.17. The first-order valence-corrected chi connectivity index (χ1v) is 7.64. The third kappa shape index (κ3) is 2.75. The largest absolute Gasteiger partial charge is 0.458 e. The fourth-order valence-electron chi connectivity index (χ4n) is 2.83. The van der Waals surface area contributed by atoms with Crippen LogP contribution in [0.15, 0.2) is 24.3 Å². The molecule has 116 valence electrons. The summed E-state index contributed by atoms with van der Waals surface area (Å²) in [6, 6.07) is 6.15. The molecule has 1 heterocycles. The summed E-state index contributed by atoms with van der Waals surface area (Å²) >= 11 is 0. The van der Waals surface area contributed by atoms with Crippen LogP contribution in [0.4, 0.5) is 4.39 Å². The standard InChI is InChI=1S/C17H19FN2O2/c1-11(2)22-17(21)16-14-5-3-4-6-15(14)20(19-16)13-9-7-12(18)8-10-13/h7-11H,3-6H2,1-2H3. The Bertz CT molecular complexity index is 689. The Balaban J connectivity index is 2.05. The molecule has 0 saturated heterocycles. The number of halogens is 1. The van der Waals surface area contributed by atoms with Crippen molar-refractivity contribution < 1.29 is 13.9 Å². The Kier molecular flexibility index (Phi) is 3.96. The zero-order valence-electron chi connectivity index (χ0n) is 12.8. The molecule has 0 unspecified atom stereocenters. The van der Waals surface area contributed by atoms with Crippen molar-refractivity contribution in [2.24, 2.45) is 0 Å². The third-order valence-electron chi connectivity index (χ3n) is 3.79. The van der Waals surface area contributed by atoms with Crippen LogP contribution in [0.2, 0.25) is 0 Å². The molecule has 0 spiro atoms. The quantitative estimate of drug-likeness (QED) is 0.816. The van der Waals surface area contributed by atoms with Crippen molar-refractivity contribution in [3.63, 3.8) is 0 Å². The van der Waals surface area contributed by atoms with Gasteiger partial charge in [0.25, 0.3) is 0 Å². The predicted molar refractivity (Wildman–Crippen MR) is 80.7 cm³/mol. The summed E-state index contributed by atoms with van der Waals surface area (Å²) in [6.45, 7) is 3.64. The number of carbonyl (C=O) groups excluding carboxylic acids is 1. The van der Waals surface area contributed by atoms with E-state index in [1.165, 1.54) is 12.1 Å². The van der Waals surface area contributed by atoms with Gasteiger partial charge in [-0.25, -0.2) is 13.9 Å². The highest BCUT2D eigenvalue weighted by Crippen LogP contribution is 2.27. The van der Waals surface area contributed by atoms with Crippen LogP contribution in [0.5, 0.6) is 0 Å². The highest BCUT2D eigenvalue weighted by atomic mass is 19.1. The Morgan fingerprint density at radius 3 is 2.59 bits per heavy atom. The fourth-order valence-corrected chi connectivity index (χ4v) is 2.83. The van der Waals surface area contributed by atoms with E-state index in [1.807, 2.05) is 13.8 Å². The van der Waals surface area contributed by atoms with Crippen molar-refractivity contribution in [3.05, 3.63) is 47.0 Å². The smallest absolute Gasteiger partial charge is 0.359 e. The molecule has 5 heteroatoms. The summed E-state index contributed by atoms with van der Waals surface area (Å²) in [7, 11) is 0. The van der Waals surface area contributed by atoms with Crippen LogP contribution in [0.1, 0.15) is 48.4 Å². The summed E-state index contributed by atoms with van der Waals surface area (Å²) < 4.78 is 20.2. The van der Waals surface area contributed by atoms with Gasteiger partial charge in [0.1, 0.15) is 5.82 Å². The predicted octanol–water partition coefficient (Wildman–Crippen LogP) is 3.46. The van der Waals surface area contributed by atoms with E-state index in [0.29, 0.717) is 5.69 Å². The van der Waals surface area contributed by atoms with Gasteiger partial charge in [-0.15, -0.1) is 0 Å². The van der Waals surface area contributed by atoms with Crippen molar-refractivity contribution >= 4 is 5.97 Å². The van der Waals surface area contributed by atoms with E-state index in [4.69, 9.17) is 4.74 Å². The molecule has 1 aliphatic rings. The van der Waals surface area contributed by atoms with Crippen molar-refractivity contribution in [2.75, 3.05) is 0 Å². The van der Waals surface area contributed by atoms with E-state index in [-0.39, 0.29) is 17.9 Å². The Labute approximate surface area is 128 Å². The molecule has 4 nitrogen and oxygen atoms in total. The zero-order valence-corrected chi connectivity index (χ0v) is 12.8. The molecule has 0 N–H and O–H groups in total. The van der Waals surface area contributed by atoms with Gasteiger partial charge in [-0.1, -0.05) is 0 Å². The average Bonchev–Trinajstić information content (AvgIpc) is 2.87. The molecule has 0 amide bonds. The number of benzene rings is 1. The molecular weight excluding hydrogens is 283 g/mol. The van der Waals surface area contributed by atoms with Crippen molar-refractivity contribution in [2.45, 2.75) is 45.6 Å². The van der Waals surface area contributed by atoms with E-state index >= 15 is 0 Å². The van der Waals surface area contributed by atoms with Gasteiger partial charge in [0, 0.05) is 11.3 Å². The normalized spacial score (nSPS) is 14.0. The second kappa shape index (κ2) is 5.91. The molecule has 0 fully saturated rings. The van der Waals surface area contributed by atoms with Crippen molar-refractivity contribution in [1.82, 2.24) is 9.78 Å². The highest BCUT2D eigenvalue weighted by molar-refractivity contribution is 5.89. The molecule has 0 bridgehead atoms. The molecule has 1 aromatic carbocycles. The van der Waals surface area contributed by atoms with E-state index in [2.05, 4.69) is 5.10 Å². The van der Waals surface area contributed by atoms with E-state index in [9.17, 15) is 9.18 Å². The lowest BCUT2D eigenvalue weighted by Gasteiger charge is -2.14. The van der Waals surface area contributed by atoms with Crippen LogP contribution >= 0.6 is 0 Å². The summed E-state index contributed by atoms with van der Waals surface area (Å²) in [4.78, 5) is 12.3. The van der Waals surface area contributed by atoms with Gasteiger partial charge in [-0.3, -0.25) is 0 Å². The molecule has 0 aliphatic heterocycles. The molecule has 0 radical (unpaired) electrons. The number of carbonyl (C=O) groups is 1. The van der Waals surface area contributed by atoms with Crippen molar-refractivity contribution in [1.29, 1.82) is 0 Å². The summed E-state index contributed by atoms with van der Waals surface area (Å²) in [5.41, 5.74) is 3.17. The van der Waals surface area contributed by atoms with Crippen LogP contribution in [-0.4, -0.2) is 21.9 Å². The van der Waals surface area contributed by atoms with Crippen LogP contribution < -0.4 is 0 Å².